The van der Waals surface area contributed by atoms with Crippen LogP contribution in [0.4, 0.5) is 0 Å². The van der Waals surface area contributed by atoms with Gasteiger partial charge in [-0.05, 0) is 65.4 Å². The van der Waals surface area contributed by atoms with Gasteiger partial charge in [-0.25, -0.2) is 0 Å². The third-order valence-corrected chi connectivity index (χ3v) is 4.30. The van der Waals surface area contributed by atoms with E-state index in [2.05, 4.69) is 53.3 Å². The summed E-state index contributed by atoms with van der Waals surface area (Å²) in [6, 6.07) is 6.48. The van der Waals surface area contributed by atoms with Crippen molar-refractivity contribution in [2.24, 2.45) is 0 Å². The highest BCUT2D eigenvalue weighted by molar-refractivity contribution is 9.10. The molecule has 19 heavy (non-hydrogen) atoms. The van der Waals surface area contributed by atoms with Crippen LogP contribution in [-0.2, 0) is 0 Å². The Kier molecular flexibility index (Phi) is 7.19. The molecule has 1 saturated heterocycles. The van der Waals surface area contributed by atoms with Crippen molar-refractivity contribution in [2.75, 3.05) is 13.1 Å². The zero-order valence-corrected chi connectivity index (χ0v) is 14.0. The molecule has 1 aliphatic rings. The van der Waals surface area contributed by atoms with Crippen LogP contribution < -0.4 is 10.1 Å². The van der Waals surface area contributed by atoms with Crippen LogP contribution in [0.3, 0.4) is 0 Å². The first-order valence-corrected chi connectivity index (χ1v) is 7.66. The first kappa shape index (κ1) is 16.8. The van der Waals surface area contributed by atoms with E-state index in [0.717, 1.165) is 29.7 Å². The fourth-order valence-corrected chi connectivity index (χ4v) is 2.74. The number of hydrogen-bond donors (Lipinski definition) is 1. The zero-order chi connectivity index (χ0) is 13.0. The summed E-state index contributed by atoms with van der Waals surface area (Å²) in [4.78, 5) is 0. The largest absolute Gasteiger partial charge is 0.488 e. The number of hydrogen-bond acceptors (Lipinski definition) is 2. The topological polar surface area (TPSA) is 21.3 Å². The highest BCUT2D eigenvalue weighted by Crippen LogP contribution is 2.31. The summed E-state index contributed by atoms with van der Waals surface area (Å²) in [5.41, 5.74) is 1.37. The van der Waals surface area contributed by atoms with Gasteiger partial charge in [0.05, 0.1) is 4.47 Å². The monoisotopic (exact) mass is 347 g/mol. The van der Waals surface area contributed by atoms with Crippen LogP contribution in [0.25, 0.3) is 0 Å². The van der Waals surface area contributed by atoms with Gasteiger partial charge in [-0.2, -0.15) is 0 Å². The van der Waals surface area contributed by atoms with Gasteiger partial charge in [0.15, 0.2) is 0 Å². The van der Waals surface area contributed by atoms with Crippen LogP contribution in [0, 0.1) is 0 Å². The van der Waals surface area contributed by atoms with Gasteiger partial charge in [0.2, 0.25) is 0 Å². The Morgan fingerprint density at radius 3 is 2.84 bits per heavy atom. The summed E-state index contributed by atoms with van der Waals surface area (Å²) >= 11 is 3.63. The molecule has 1 N–H and O–H groups in total. The lowest BCUT2D eigenvalue weighted by Crippen LogP contribution is -2.37. The maximum atomic E-state index is 6.05. The fraction of sp³-hybridized carbons (Fsp3) is 0.600. The Morgan fingerprint density at radius 2 is 2.26 bits per heavy atom. The van der Waals surface area contributed by atoms with Crippen molar-refractivity contribution >= 4 is 28.3 Å². The number of halogens is 2. The molecule has 1 aliphatic heterocycles. The Bertz CT molecular complexity index is 394. The third-order valence-electron chi connectivity index (χ3n) is 3.68. The second kappa shape index (κ2) is 8.13. The average Bonchev–Trinajstić information content (AvgIpc) is 2.41. The third kappa shape index (κ3) is 4.66. The summed E-state index contributed by atoms with van der Waals surface area (Å²) in [5.74, 6) is 1.57. The van der Waals surface area contributed by atoms with Crippen molar-refractivity contribution in [1.29, 1.82) is 0 Å². The second-order valence-corrected chi connectivity index (χ2v) is 5.94. The predicted octanol–water partition coefficient (Wildman–Crippen LogP) is 4.52. The highest BCUT2D eigenvalue weighted by atomic mass is 79.9. The number of piperidine rings is 1. The van der Waals surface area contributed by atoms with Crippen molar-refractivity contribution in [3.05, 3.63) is 28.2 Å². The van der Waals surface area contributed by atoms with Gasteiger partial charge < -0.3 is 10.1 Å². The Hall–Kier alpha value is -0.250. The molecule has 1 fully saturated rings. The molecule has 0 radical (unpaired) electrons. The second-order valence-electron chi connectivity index (χ2n) is 5.09. The van der Waals surface area contributed by atoms with Gasteiger partial charge >= 0.3 is 0 Å². The molecule has 0 bridgehead atoms. The molecule has 0 aliphatic carbocycles. The molecule has 4 heteroatoms. The summed E-state index contributed by atoms with van der Waals surface area (Å²) in [6.07, 6.45) is 3.82. The molecule has 2 rings (SSSR count). The molecular formula is C15H23BrClNO. The molecule has 0 aromatic heterocycles. The lowest BCUT2D eigenvalue weighted by molar-refractivity contribution is 0.166. The number of benzene rings is 1. The van der Waals surface area contributed by atoms with E-state index in [-0.39, 0.29) is 12.4 Å². The number of nitrogens with one attached hydrogen (secondary N) is 1. The Morgan fingerprint density at radius 1 is 1.47 bits per heavy atom. The minimum Gasteiger partial charge on any atom is -0.488 e. The quantitative estimate of drug-likeness (QED) is 0.864. The standard InChI is InChI=1S/C15H22BrNO.ClH/c1-3-11(2)12-6-7-15(14(16)9-12)18-13-5-4-8-17-10-13;/h6-7,9,11,13,17H,3-5,8,10H2,1-2H3;1H. The van der Waals surface area contributed by atoms with E-state index in [1.807, 2.05) is 0 Å². The fourth-order valence-electron chi connectivity index (χ4n) is 2.25. The SMILES string of the molecule is CCC(C)c1ccc(OC2CCCNC2)c(Br)c1.Cl. The van der Waals surface area contributed by atoms with Crippen LogP contribution in [0.5, 0.6) is 5.75 Å². The van der Waals surface area contributed by atoms with Gasteiger partial charge in [-0.1, -0.05) is 19.9 Å². The minimum absolute atomic E-state index is 0. The van der Waals surface area contributed by atoms with Gasteiger partial charge in [0.1, 0.15) is 11.9 Å². The van der Waals surface area contributed by atoms with Crippen LogP contribution in [0.15, 0.2) is 22.7 Å². The number of rotatable bonds is 4. The van der Waals surface area contributed by atoms with E-state index < -0.39 is 0 Å². The molecule has 1 aromatic carbocycles. The van der Waals surface area contributed by atoms with E-state index in [0.29, 0.717) is 12.0 Å². The molecule has 1 aromatic rings. The summed E-state index contributed by atoms with van der Waals surface area (Å²) in [7, 11) is 0. The molecule has 2 atom stereocenters. The number of ether oxygens (including phenoxy) is 1. The lowest BCUT2D eigenvalue weighted by atomic mass is 9.99. The van der Waals surface area contributed by atoms with Crippen molar-refractivity contribution in [3.8, 4) is 5.75 Å². The van der Waals surface area contributed by atoms with E-state index in [1.54, 1.807) is 0 Å². The van der Waals surface area contributed by atoms with Crippen LogP contribution in [0.1, 0.15) is 44.6 Å². The van der Waals surface area contributed by atoms with Gasteiger partial charge in [-0.15, -0.1) is 12.4 Å². The molecular weight excluding hydrogens is 326 g/mol. The van der Waals surface area contributed by atoms with Crippen LogP contribution in [-0.4, -0.2) is 19.2 Å². The summed E-state index contributed by atoms with van der Waals surface area (Å²) < 4.78 is 7.12. The van der Waals surface area contributed by atoms with Crippen molar-refractivity contribution in [2.45, 2.75) is 45.1 Å². The first-order chi connectivity index (χ1) is 8.70. The van der Waals surface area contributed by atoms with Gasteiger partial charge in [-0.3, -0.25) is 0 Å². The zero-order valence-electron chi connectivity index (χ0n) is 11.6. The molecule has 0 amide bonds. The maximum absolute atomic E-state index is 6.05. The maximum Gasteiger partial charge on any atom is 0.133 e. The molecule has 108 valence electrons. The van der Waals surface area contributed by atoms with Gasteiger partial charge in [0, 0.05) is 6.54 Å². The predicted molar refractivity (Wildman–Crippen MR) is 86.6 cm³/mol. The van der Waals surface area contributed by atoms with E-state index in [4.69, 9.17) is 4.74 Å². The van der Waals surface area contributed by atoms with E-state index in [9.17, 15) is 0 Å². The van der Waals surface area contributed by atoms with Gasteiger partial charge in [0.25, 0.3) is 0 Å². The Labute approximate surface area is 130 Å². The highest BCUT2D eigenvalue weighted by Gasteiger charge is 2.16. The Balaban J connectivity index is 0.00000180. The molecule has 1 heterocycles. The van der Waals surface area contributed by atoms with Crippen molar-refractivity contribution in [1.82, 2.24) is 5.32 Å². The van der Waals surface area contributed by atoms with Crippen molar-refractivity contribution < 1.29 is 4.74 Å². The van der Waals surface area contributed by atoms with Crippen LogP contribution in [0.2, 0.25) is 0 Å². The van der Waals surface area contributed by atoms with E-state index in [1.165, 1.54) is 18.4 Å². The molecule has 0 saturated carbocycles. The summed E-state index contributed by atoms with van der Waals surface area (Å²) in [6.45, 7) is 6.55. The van der Waals surface area contributed by atoms with E-state index >= 15 is 0 Å². The average molecular weight is 349 g/mol. The molecule has 2 nitrogen and oxygen atoms in total. The van der Waals surface area contributed by atoms with Crippen molar-refractivity contribution in [3.63, 3.8) is 0 Å². The molecule has 0 spiro atoms. The summed E-state index contributed by atoms with van der Waals surface area (Å²) in [5, 5.41) is 3.37. The normalized spacial score (nSPS) is 20.5. The smallest absolute Gasteiger partial charge is 0.133 e. The van der Waals surface area contributed by atoms with Crippen LogP contribution >= 0.6 is 28.3 Å². The molecule has 2 unspecified atom stereocenters. The lowest BCUT2D eigenvalue weighted by Gasteiger charge is -2.24. The minimum atomic E-state index is 0. The first-order valence-electron chi connectivity index (χ1n) is 6.87.